The van der Waals surface area contributed by atoms with Crippen LogP contribution in [-0.2, 0) is 0 Å². The van der Waals surface area contributed by atoms with Crippen LogP contribution in [0.1, 0.15) is 350 Å². The number of allylic oxidation sites excluding steroid dienone is 2. The summed E-state index contributed by atoms with van der Waals surface area (Å²) in [5.74, 6) is 8.62. The van der Waals surface area contributed by atoms with E-state index in [9.17, 15) is 20.4 Å². The Hall–Kier alpha value is -11.1. The van der Waals surface area contributed by atoms with Crippen molar-refractivity contribution in [2.45, 2.75) is 344 Å². The van der Waals surface area contributed by atoms with Gasteiger partial charge in [-0.2, -0.15) is 0 Å². The largest absolute Gasteiger partial charge is 0.507 e. The molecule has 10 aromatic carbocycles. The number of aromatic hydroxyl groups is 2. The molecule has 1 aliphatic carbocycles. The Morgan fingerprint density at radius 3 is 0.548 bits per heavy atom. The molecule has 11 rings (SSSR count). The first-order valence-electron chi connectivity index (χ1n) is 57.2. The third-order valence-electron chi connectivity index (χ3n) is 31.0. The minimum absolute atomic E-state index is 0.0521. The summed E-state index contributed by atoms with van der Waals surface area (Å²) in [7, 11) is 0. The zero-order valence-electron chi connectivity index (χ0n) is 93.2. The van der Waals surface area contributed by atoms with E-state index in [2.05, 4.69) is 294 Å². The number of aliphatic hydroxyl groups excluding tert-OH is 2. The average Bonchev–Trinajstić information content (AvgIpc) is 0.790. The maximum atomic E-state index is 12.9. The second-order valence-electron chi connectivity index (χ2n) is 41.9. The van der Waals surface area contributed by atoms with Gasteiger partial charge in [0.25, 0.3) is 0 Å². The molecule has 0 amide bonds. The molecule has 0 saturated carbocycles. The molecule has 10 aromatic rings. The van der Waals surface area contributed by atoms with Crippen molar-refractivity contribution in [2.75, 3.05) is 62.7 Å². The fraction of sp³-hybridized carbons (Fsp3) is 0.515. The number of hydrogen-bond acceptors (Lipinski definition) is 14. The highest BCUT2D eigenvalue weighted by atomic mass is 16.5. The molecule has 8 unspecified atom stereocenters. The number of phenols is 2. The van der Waals surface area contributed by atoms with E-state index in [0.717, 1.165) is 341 Å². The summed E-state index contributed by atoms with van der Waals surface area (Å²) in [6.45, 7) is 49.4. The van der Waals surface area contributed by atoms with E-state index in [0.29, 0.717) is 112 Å². The molecule has 0 radical (unpaired) electrons. The number of phenolic OH excluding ortho intramolecular Hbond substituents is 2. The fourth-order valence-corrected chi connectivity index (χ4v) is 20.7. The summed E-state index contributed by atoms with van der Waals surface area (Å²) in [5, 5.41) is 51.4. The zero-order chi connectivity index (χ0) is 105. The Morgan fingerprint density at radius 1 is 0.219 bits per heavy atom. The number of anilines is 6. The smallest absolute Gasteiger partial charge is 0.139 e. The van der Waals surface area contributed by atoms with Crippen molar-refractivity contribution in [1.82, 2.24) is 0 Å². The predicted octanol–water partition coefficient (Wildman–Crippen LogP) is 39.0. The third-order valence-corrected chi connectivity index (χ3v) is 31.0. The van der Waals surface area contributed by atoms with Crippen LogP contribution in [-0.4, -0.2) is 73.3 Å². The van der Waals surface area contributed by atoms with E-state index in [4.69, 9.17) is 37.9 Å². The number of aryl methyl sites for hydroxylation is 4. The number of unbranched alkanes of at least 4 members (excludes halogenated alkanes) is 8. The van der Waals surface area contributed by atoms with E-state index < -0.39 is 0 Å². The Bertz CT molecular complexity index is 4960. The van der Waals surface area contributed by atoms with Gasteiger partial charge in [-0.05, 0) is 292 Å². The molecule has 1 aliphatic rings. The molecular weight excluding hydrogens is 1810 g/mol. The van der Waals surface area contributed by atoms with Crippen molar-refractivity contribution < 1.29 is 58.3 Å². The summed E-state index contributed by atoms with van der Waals surface area (Å²) in [5.41, 5.74) is 16.5. The molecule has 14 nitrogen and oxygen atoms in total. The Kier molecular flexibility index (Phi) is 47.1. The van der Waals surface area contributed by atoms with E-state index >= 15 is 0 Å². The zero-order valence-corrected chi connectivity index (χ0v) is 93.2. The van der Waals surface area contributed by atoms with E-state index in [1.807, 2.05) is 12.1 Å². The number of benzene rings is 10. The maximum absolute atomic E-state index is 12.9. The van der Waals surface area contributed by atoms with E-state index in [1.54, 1.807) is 24.3 Å². The van der Waals surface area contributed by atoms with Crippen molar-refractivity contribution in [3.63, 3.8) is 0 Å². The predicted molar refractivity (Wildman–Crippen MR) is 616 cm³/mol. The van der Waals surface area contributed by atoms with Gasteiger partial charge in [0, 0.05) is 57.4 Å². The number of ether oxygens (including phenoxy) is 8. The molecule has 0 heterocycles. The van der Waals surface area contributed by atoms with Gasteiger partial charge in [0.05, 0.1) is 86.3 Å². The van der Waals surface area contributed by atoms with Crippen LogP contribution in [0.3, 0.4) is 0 Å². The molecular formula is C132H182N2O12. The van der Waals surface area contributed by atoms with Gasteiger partial charge in [0.2, 0.25) is 0 Å². The Morgan fingerprint density at radius 2 is 0.397 bits per heavy atom. The van der Waals surface area contributed by atoms with Gasteiger partial charge in [-0.25, -0.2) is 0 Å². The van der Waals surface area contributed by atoms with Crippen molar-refractivity contribution in [3.05, 3.63) is 227 Å². The van der Waals surface area contributed by atoms with Crippen molar-refractivity contribution in [3.8, 4) is 102 Å². The lowest BCUT2D eigenvalue weighted by Gasteiger charge is -2.31. The molecule has 0 aromatic heterocycles. The summed E-state index contributed by atoms with van der Waals surface area (Å²) < 4.78 is 55.8. The highest BCUT2D eigenvalue weighted by Gasteiger charge is 2.37. The minimum atomic E-state index is -0.275. The molecule has 792 valence electrons. The first-order valence-corrected chi connectivity index (χ1v) is 57.2. The van der Waals surface area contributed by atoms with Crippen molar-refractivity contribution >= 4 is 45.3 Å². The van der Waals surface area contributed by atoms with Crippen molar-refractivity contribution in [2.24, 2.45) is 47.3 Å². The maximum Gasteiger partial charge on any atom is 0.139 e. The van der Waals surface area contributed by atoms with Gasteiger partial charge < -0.3 is 68.1 Å². The summed E-state index contributed by atoms with van der Waals surface area (Å²) in [4.78, 5) is 4.38. The molecule has 4 N–H and O–H groups in total. The molecule has 0 fully saturated rings. The van der Waals surface area contributed by atoms with Crippen LogP contribution in [0.15, 0.2) is 194 Å². The average molecular weight is 1990 g/mol. The van der Waals surface area contributed by atoms with Crippen LogP contribution < -0.4 is 47.7 Å². The quantitative estimate of drug-likeness (QED) is 0.0285. The van der Waals surface area contributed by atoms with Crippen LogP contribution in [0.2, 0.25) is 0 Å². The third kappa shape index (κ3) is 30.6. The Labute approximate surface area is 880 Å². The van der Waals surface area contributed by atoms with Gasteiger partial charge in [0.15, 0.2) is 0 Å². The number of nitrogens with zero attached hydrogens (tertiary/aromatic N) is 2. The van der Waals surface area contributed by atoms with Gasteiger partial charge in [-0.1, -0.05) is 313 Å². The number of rotatable bonds is 68. The Balaban J connectivity index is 1.03. The van der Waals surface area contributed by atoms with Crippen LogP contribution in [0.4, 0.5) is 34.1 Å². The van der Waals surface area contributed by atoms with Gasteiger partial charge in [-0.15, -0.1) is 0 Å². The standard InChI is InChI=1S/C132H182N2O12/c1-21-37-49-95(29-9)83-139-117-57-45-58-118(140-84-96(30-10)50-38-22-2)125(117)103-65-73-111(91(17)77-103)133(112-74-66-104(78-92(112)18)126-119(141-85-97(31-11)51-39-23-3)59-46-60-120(126)142-86-98(32-12)52-40-24-4)107-69-71-109(115(135)81-107)129-131(137)130(132(129)138)110-72-70-108(82-116(110)136)134(113-75-67-105(79-93(113)19)127-121(143-87-99(33-13)53-41-25-5)61-47-62-122(127)144-88-100(34-14)54-42-26-6)114-76-68-106(80-94(114)20)128-123(145-89-101(35-15)55-43-27-7)63-48-64-124(128)146-90-102(36-16)56-44-28-8/h45-48,57-82,95-102,135-138H,21-44,49-56,83-90H2,1-20H3. The molecule has 146 heavy (non-hydrogen) atoms. The second-order valence-corrected chi connectivity index (χ2v) is 41.9. The highest BCUT2D eigenvalue weighted by Crippen LogP contribution is 2.55. The lowest BCUT2D eigenvalue weighted by atomic mass is 9.83. The summed E-state index contributed by atoms with van der Waals surface area (Å²) in [6, 6.07) is 62.0. The van der Waals surface area contributed by atoms with Gasteiger partial charge in [-0.3, -0.25) is 0 Å². The highest BCUT2D eigenvalue weighted by molar-refractivity contribution is 6.08. The first kappa shape index (κ1) is 115. The SMILES string of the molecule is CCCCC(CC)COc1cccc(OCC(CC)CCCC)c1-c1ccc(N(c2ccc(C3=C(O)C(c4ccc(N(c5ccc(-c6c(OCC(CC)CCCC)cccc6OCC(CC)CCCC)cc5C)c5ccc(-c6c(OCC(CC)CCCC)cccc6OCC(CC)CCCC)cc5C)cc4O)=C3O)c(O)c2)c2ccc(-c3c(OCC(CC)CCCC)cccc3OCC(CC)CCCC)cc2C)c(C)c1. The molecule has 0 saturated heterocycles. The second kappa shape index (κ2) is 59.8. The molecule has 0 aliphatic heterocycles. The molecule has 14 heteroatoms. The van der Waals surface area contributed by atoms with E-state index in [1.165, 1.54) is 0 Å². The van der Waals surface area contributed by atoms with Gasteiger partial charge >= 0.3 is 0 Å². The topological polar surface area (TPSA) is 161 Å². The monoisotopic (exact) mass is 1990 g/mol. The van der Waals surface area contributed by atoms with Crippen LogP contribution >= 0.6 is 0 Å². The normalized spacial score (nSPS) is 13.7. The van der Waals surface area contributed by atoms with Crippen LogP contribution in [0.5, 0.6) is 57.5 Å². The molecule has 8 atom stereocenters. The van der Waals surface area contributed by atoms with E-state index in [-0.39, 0.29) is 45.3 Å². The summed E-state index contributed by atoms with van der Waals surface area (Å²) >= 11 is 0. The van der Waals surface area contributed by atoms with Crippen LogP contribution in [0, 0.1) is 75.0 Å². The number of hydrogen-bond donors (Lipinski definition) is 4. The number of aliphatic hydroxyl groups is 2. The van der Waals surface area contributed by atoms with Crippen molar-refractivity contribution in [1.29, 1.82) is 0 Å². The van der Waals surface area contributed by atoms with Gasteiger partial charge in [0.1, 0.15) is 69.0 Å². The fourth-order valence-electron chi connectivity index (χ4n) is 20.7. The summed E-state index contributed by atoms with van der Waals surface area (Å²) in [6.07, 6.45) is 35.2. The molecule has 0 bridgehead atoms. The molecule has 0 spiro atoms. The minimum Gasteiger partial charge on any atom is -0.507 e. The van der Waals surface area contributed by atoms with Crippen LogP contribution in [0.25, 0.3) is 55.7 Å². The first-order chi connectivity index (χ1) is 71.1. The lowest BCUT2D eigenvalue weighted by molar-refractivity contribution is 0.224. The lowest BCUT2D eigenvalue weighted by Crippen LogP contribution is -2.15.